The largest absolute Gasteiger partial charge is 0.304 e. The molecule has 3 aromatic rings. The third-order valence-corrected chi connectivity index (χ3v) is 4.65. The maximum absolute atomic E-state index is 6.22. The molecule has 112 valence electrons. The molecule has 0 bridgehead atoms. The van der Waals surface area contributed by atoms with Gasteiger partial charge in [-0.2, -0.15) is 0 Å². The van der Waals surface area contributed by atoms with Gasteiger partial charge >= 0.3 is 0 Å². The zero-order valence-electron chi connectivity index (χ0n) is 12.2. The molecule has 1 atom stereocenters. The van der Waals surface area contributed by atoms with Crippen LogP contribution >= 0.6 is 22.9 Å². The molecule has 1 unspecified atom stereocenters. The number of thiazole rings is 1. The third-order valence-electron chi connectivity index (χ3n) is 3.40. The lowest BCUT2D eigenvalue weighted by atomic mass is 10.1. The molecule has 1 aromatic carbocycles. The Labute approximate surface area is 139 Å². The SMILES string of the molecule is CC(NCc1csc(-c2ccccn2)n1)c1ccccc1Cl. The number of nitrogens with zero attached hydrogens (tertiary/aromatic N) is 2. The average Bonchev–Trinajstić information content (AvgIpc) is 3.03. The first-order valence-electron chi connectivity index (χ1n) is 7.07. The molecule has 2 aromatic heterocycles. The van der Waals surface area contributed by atoms with Gasteiger partial charge in [0.1, 0.15) is 5.01 Å². The minimum atomic E-state index is 0.175. The average molecular weight is 330 g/mol. The van der Waals surface area contributed by atoms with E-state index in [0.717, 1.165) is 27.0 Å². The molecule has 0 aliphatic carbocycles. The highest BCUT2D eigenvalue weighted by atomic mass is 35.5. The van der Waals surface area contributed by atoms with E-state index < -0.39 is 0 Å². The lowest BCUT2D eigenvalue weighted by Crippen LogP contribution is -2.18. The van der Waals surface area contributed by atoms with Crippen LogP contribution in [0.5, 0.6) is 0 Å². The Kier molecular flexibility index (Phi) is 4.83. The van der Waals surface area contributed by atoms with E-state index in [-0.39, 0.29) is 6.04 Å². The van der Waals surface area contributed by atoms with Crippen molar-refractivity contribution in [2.45, 2.75) is 19.5 Å². The lowest BCUT2D eigenvalue weighted by molar-refractivity contribution is 0.569. The zero-order valence-corrected chi connectivity index (χ0v) is 13.7. The first-order valence-corrected chi connectivity index (χ1v) is 8.33. The third kappa shape index (κ3) is 3.53. The van der Waals surface area contributed by atoms with Gasteiger partial charge in [0.15, 0.2) is 0 Å². The number of halogens is 1. The maximum Gasteiger partial charge on any atom is 0.142 e. The highest BCUT2D eigenvalue weighted by Gasteiger charge is 2.10. The van der Waals surface area contributed by atoms with Crippen LogP contribution in [0.3, 0.4) is 0 Å². The summed E-state index contributed by atoms with van der Waals surface area (Å²) >= 11 is 7.84. The Hall–Kier alpha value is -1.75. The number of aromatic nitrogens is 2. The van der Waals surface area contributed by atoms with Crippen molar-refractivity contribution in [2.24, 2.45) is 0 Å². The van der Waals surface area contributed by atoms with Crippen molar-refractivity contribution in [1.29, 1.82) is 0 Å². The summed E-state index contributed by atoms with van der Waals surface area (Å²) < 4.78 is 0. The predicted molar refractivity (Wildman–Crippen MR) is 92.1 cm³/mol. The Morgan fingerprint density at radius 1 is 1.18 bits per heavy atom. The molecule has 1 N–H and O–H groups in total. The second-order valence-corrected chi connectivity index (χ2v) is 6.25. The normalized spacial score (nSPS) is 12.3. The minimum absolute atomic E-state index is 0.175. The van der Waals surface area contributed by atoms with E-state index in [0.29, 0.717) is 6.54 Å². The minimum Gasteiger partial charge on any atom is -0.304 e. The lowest BCUT2D eigenvalue weighted by Gasteiger charge is -2.14. The standard InChI is InChI=1S/C17H16ClN3S/c1-12(14-6-2-3-7-15(14)18)20-10-13-11-22-17(21-13)16-8-4-5-9-19-16/h2-9,11-12,20H,10H2,1H3. The molecule has 22 heavy (non-hydrogen) atoms. The Morgan fingerprint density at radius 3 is 2.77 bits per heavy atom. The summed E-state index contributed by atoms with van der Waals surface area (Å²) in [4.78, 5) is 8.96. The summed E-state index contributed by atoms with van der Waals surface area (Å²) in [6.45, 7) is 2.81. The molecule has 0 amide bonds. The van der Waals surface area contributed by atoms with Crippen molar-refractivity contribution in [1.82, 2.24) is 15.3 Å². The molecule has 3 rings (SSSR count). The van der Waals surface area contributed by atoms with Gasteiger partial charge in [0.25, 0.3) is 0 Å². The van der Waals surface area contributed by atoms with Crippen LogP contribution in [0.1, 0.15) is 24.2 Å². The van der Waals surface area contributed by atoms with Crippen LogP contribution < -0.4 is 5.32 Å². The van der Waals surface area contributed by atoms with Gasteiger partial charge in [0.05, 0.1) is 11.4 Å². The number of nitrogens with one attached hydrogen (secondary N) is 1. The molecular weight excluding hydrogens is 314 g/mol. The van der Waals surface area contributed by atoms with Crippen molar-refractivity contribution < 1.29 is 0 Å². The van der Waals surface area contributed by atoms with Crippen molar-refractivity contribution in [3.63, 3.8) is 0 Å². The number of benzene rings is 1. The molecule has 0 aliphatic rings. The van der Waals surface area contributed by atoms with Crippen LogP contribution in [-0.2, 0) is 6.54 Å². The van der Waals surface area contributed by atoms with E-state index in [1.807, 2.05) is 42.5 Å². The van der Waals surface area contributed by atoms with Gasteiger partial charge in [0, 0.05) is 29.2 Å². The highest BCUT2D eigenvalue weighted by molar-refractivity contribution is 7.13. The van der Waals surface area contributed by atoms with E-state index in [4.69, 9.17) is 11.6 Å². The summed E-state index contributed by atoms with van der Waals surface area (Å²) in [5.74, 6) is 0. The molecule has 0 radical (unpaired) electrons. The molecule has 5 heteroatoms. The Balaban J connectivity index is 1.65. The number of hydrogen-bond donors (Lipinski definition) is 1. The van der Waals surface area contributed by atoms with Crippen molar-refractivity contribution in [3.05, 3.63) is 70.3 Å². The van der Waals surface area contributed by atoms with E-state index in [9.17, 15) is 0 Å². The maximum atomic E-state index is 6.22. The first-order chi connectivity index (χ1) is 10.7. The van der Waals surface area contributed by atoms with Crippen LogP contribution in [0.4, 0.5) is 0 Å². The molecule has 0 spiro atoms. The predicted octanol–water partition coefficient (Wildman–Crippen LogP) is 4.71. The summed E-state index contributed by atoms with van der Waals surface area (Å²) in [6.07, 6.45) is 1.79. The summed E-state index contributed by atoms with van der Waals surface area (Å²) in [5, 5.41) is 7.26. The summed E-state index contributed by atoms with van der Waals surface area (Å²) in [7, 11) is 0. The molecular formula is C17H16ClN3S. The van der Waals surface area contributed by atoms with E-state index >= 15 is 0 Å². The summed E-state index contributed by atoms with van der Waals surface area (Å²) in [5.41, 5.74) is 3.03. The first kappa shape index (κ1) is 15.2. The molecule has 3 nitrogen and oxygen atoms in total. The van der Waals surface area contributed by atoms with Gasteiger partial charge in [-0.05, 0) is 30.7 Å². The van der Waals surface area contributed by atoms with Gasteiger partial charge < -0.3 is 5.32 Å². The van der Waals surface area contributed by atoms with E-state index in [1.165, 1.54) is 0 Å². The second-order valence-electron chi connectivity index (χ2n) is 4.98. The van der Waals surface area contributed by atoms with Crippen LogP contribution in [0, 0.1) is 0 Å². The molecule has 0 fully saturated rings. The fourth-order valence-electron chi connectivity index (χ4n) is 2.19. The molecule has 0 saturated carbocycles. The molecule has 0 saturated heterocycles. The quantitative estimate of drug-likeness (QED) is 0.736. The molecule has 2 heterocycles. The molecule has 0 aliphatic heterocycles. The van der Waals surface area contributed by atoms with Crippen LogP contribution in [-0.4, -0.2) is 9.97 Å². The van der Waals surface area contributed by atoms with Crippen molar-refractivity contribution in [3.8, 4) is 10.7 Å². The van der Waals surface area contributed by atoms with E-state index in [1.54, 1.807) is 17.5 Å². The van der Waals surface area contributed by atoms with Crippen molar-refractivity contribution in [2.75, 3.05) is 0 Å². The van der Waals surface area contributed by atoms with E-state index in [2.05, 4.69) is 27.6 Å². The Bertz CT molecular complexity index is 742. The van der Waals surface area contributed by atoms with Crippen LogP contribution in [0.2, 0.25) is 5.02 Å². The van der Waals surface area contributed by atoms with Gasteiger partial charge in [-0.15, -0.1) is 11.3 Å². The fourth-order valence-corrected chi connectivity index (χ4v) is 3.28. The monoisotopic (exact) mass is 329 g/mol. The van der Waals surface area contributed by atoms with Gasteiger partial charge in [-0.3, -0.25) is 4.98 Å². The zero-order chi connectivity index (χ0) is 15.4. The fraction of sp³-hybridized carbons (Fsp3) is 0.176. The van der Waals surface area contributed by atoms with Gasteiger partial charge in [-0.1, -0.05) is 35.9 Å². The smallest absolute Gasteiger partial charge is 0.142 e. The summed E-state index contributed by atoms with van der Waals surface area (Å²) in [6, 6.07) is 13.9. The second kappa shape index (κ2) is 7.01. The number of pyridine rings is 1. The van der Waals surface area contributed by atoms with Crippen LogP contribution in [0.25, 0.3) is 10.7 Å². The van der Waals surface area contributed by atoms with Crippen LogP contribution in [0.15, 0.2) is 54.0 Å². The van der Waals surface area contributed by atoms with Crippen molar-refractivity contribution >= 4 is 22.9 Å². The number of rotatable bonds is 5. The van der Waals surface area contributed by atoms with Gasteiger partial charge in [-0.25, -0.2) is 4.98 Å². The topological polar surface area (TPSA) is 37.8 Å². The number of hydrogen-bond acceptors (Lipinski definition) is 4. The highest BCUT2D eigenvalue weighted by Crippen LogP contribution is 2.24. The van der Waals surface area contributed by atoms with Gasteiger partial charge in [0.2, 0.25) is 0 Å². The Morgan fingerprint density at radius 2 is 2.00 bits per heavy atom.